The van der Waals surface area contributed by atoms with Gasteiger partial charge < -0.3 is 30.5 Å². The lowest BCUT2D eigenvalue weighted by atomic mass is 10.0. The molecule has 2 aliphatic rings. The molecule has 12 heteroatoms. The minimum atomic E-state index is -2.70. The molecule has 1 atom stereocenters. The van der Waals surface area contributed by atoms with E-state index < -0.39 is 12.6 Å². The summed E-state index contributed by atoms with van der Waals surface area (Å²) < 4.78 is 29.9. The zero-order valence-electron chi connectivity index (χ0n) is 16.5. The van der Waals surface area contributed by atoms with Crippen LogP contribution in [-0.4, -0.2) is 66.6 Å². The number of carbonyl (C=O) groups is 2. The molecule has 9 nitrogen and oxygen atoms in total. The number of alkyl halides is 2. The van der Waals surface area contributed by atoms with E-state index in [2.05, 4.69) is 15.3 Å². The van der Waals surface area contributed by atoms with Crippen LogP contribution in [-0.2, 0) is 9.53 Å². The number of rotatable bonds is 10. The van der Waals surface area contributed by atoms with Gasteiger partial charge in [0.15, 0.2) is 10.8 Å². The first kappa shape index (κ1) is 22.5. The lowest BCUT2D eigenvalue weighted by Crippen LogP contribution is -2.34. The van der Waals surface area contributed by atoms with Gasteiger partial charge in [-0.3, -0.25) is 4.99 Å². The smallest absolute Gasteiger partial charge is 0.407 e. The van der Waals surface area contributed by atoms with E-state index in [1.54, 1.807) is 6.20 Å². The second-order valence-corrected chi connectivity index (χ2v) is 7.67. The number of aliphatic imine (C=N–C) groups is 1. The number of thiazole rings is 1. The van der Waals surface area contributed by atoms with Gasteiger partial charge in [-0.05, 0) is 12.5 Å². The van der Waals surface area contributed by atoms with Crippen LogP contribution < -0.4 is 10.6 Å². The Bertz CT molecular complexity index is 900. The topological polar surface area (TPSA) is 120 Å². The van der Waals surface area contributed by atoms with Crippen LogP contribution >= 0.6 is 11.3 Å². The van der Waals surface area contributed by atoms with Crippen molar-refractivity contribution in [3.8, 4) is 0 Å². The summed E-state index contributed by atoms with van der Waals surface area (Å²) in [5, 5.41) is 15.2. The van der Waals surface area contributed by atoms with Crippen molar-refractivity contribution >= 4 is 35.3 Å². The third-order valence-corrected chi connectivity index (χ3v) is 5.41. The van der Waals surface area contributed by atoms with E-state index in [0.29, 0.717) is 30.7 Å². The monoisotopic (exact) mass is 452 g/mol. The summed E-state index contributed by atoms with van der Waals surface area (Å²) in [7, 11) is 0. The molecule has 0 aromatic carbocycles. The molecule has 1 aromatic rings. The molecule has 1 amide bonds. The second-order valence-electron chi connectivity index (χ2n) is 6.78. The molecule has 166 valence electrons. The number of allylic oxidation sites excluding steroid dienone is 2. The SMILES string of the molecule is N=C(/C=C\NC(F)F)C1=C2CC(COC(=O)NCCC=O)CN2C(c2nccs2)=NC1. The van der Waals surface area contributed by atoms with E-state index >= 15 is 0 Å². The molecule has 1 saturated heterocycles. The molecule has 3 heterocycles. The summed E-state index contributed by atoms with van der Waals surface area (Å²) in [6.45, 7) is -1.58. The summed E-state index contributed by atoms with van der Waals surface area (Å²) in [5.41, 5.74) is 1.57. The first-order chi connectivity index (χ1) is 15.0. The average Bonchev–Trinajstić information content (AvgIpc) is 3.41. The largest absolute Gasteiger partial charge is 0.449 e. The summed E-state index contributed by atoms with van der Waals surface area (Å²) in [5.74, 6) is 0.648. The zero-order valence-corrected chi connectivity index (χ0v) is 17.3. The van der Waals surface area contributed by atoms with Crippen LogP contribution in [0.15, 0.2) is 40.1 Å². The standard InChI is InChI=1S/C19H22F2N6O3S/c20-18(21)24-4-2-14(22)13-9-26-16(17-23-5-7-31-17)27-10-12(8-15(13)27)11-30-19(29)25-3-1-6-28/h2,4-7,12,18,22,24H,1,3,8-11H2,(H,25,29)/b4-2-,22-14?. The maximum atomic E-state index is 12.3. The molecule has 1 aromatic heterocycles. The van der Waals surface area contributed by atoms with Gasteiger partial charge >= 0.3 is 12.6 Å². The van der Waals surface area contributed by atoms with Crippen molar-refractivity contribution in [2.75, 3.05) is 26.2 Å². The Balaban J connectivity index is 1.72. The van der Waals surface area contributed by atoms with E-state index in [-0.39, 0.29) is 37.7 Å². The lowest BCUT2D eigenvalue weighted by Gasteiger charge is -2.27. The number of aldehydes is 1. The molecule has 0 radical (unpaired) electrons. The Hall–Kier alpha value is -3.15. The van der Waals surface area contributed by atoms with Crippen molar-refractivity contribution < 1.29 is 23.1 Å². The number of carbonyl (C=O) groups excluding carboxylic acids is 2. The molecular weight excluding hydrogens is 430 g/mol. The van der Waals surface area contributed by atoms with Gasteiger partial charge in [-0.25, -0.2) is 9.78 Å². The number of fused-ring (bicyclic) bond motifs is 1. The minimum absolute atomic E-state index is 0.0407. The highest BCUT2D eigenvalue weighted by molar-refractivity contribution is 7.11. The van der Waals surface area contributed by atoms with Gasteiger partial charge in [0.25, 0.3) is 0 Å². The van der Waals surface area contributed by atoms with Crippen LogP contribution in [0.5, 0.6) is 0 Å². The van der Waals surface area contributed by atoms with E-state index in [4.69, 9.17) is 10.1 Å². The molecule has 0 aliphatic carbocycles. The van der Waals surface area contributed by atoms with Crippen molar-refractivity contribution in [2.24, 2.45) is 10.9 Å². The number of aromatic nitrogens is 1. The van der Waals surface area contributed by atoms with E-state index in [0.717, 1.165) is 16.9 Å². The molecule has 3 N–H and O–H groups in total. The quantitative estimate of drug-likeness (QED) is 0.217. The van der Waals surface area contributed by atoms with Crippen molar-refractivity contribution in [2.45, 2.75) is 19.4 Å². The summed E-state index contributed by atoms with van der Waals surface area (Å²) in [4.78, 5) is 32.9. The molecule has 1 unspecified atom stereocenters. The Labute approximate surface area is 181 Å². The maximum absolute atomic E-state index is 12.3. The highest BCUT2D eigenvalue weighted by Gasteiger charge is 2.36. The van der Waals surface area contributed by atoms with E-state index in [1.165, 1.54) is 17.4 Å². The molecule has 3 rings (SSSR count). The second kappa shape index (κ2) is 10.8. The van der Waals surface area contributed by atoms with Gasteiger partial charge in [0, 0.05) is 54.5 Å². The summed E-state index contributed by atoms with van der Waals surface area (Å²) in [6.07, 6.45) is 4.88. The third kappa shape index (κ3) is 5.94. The van der Waals surface area contributed by atoms with Gasteiger partial charge in [0.2, 0.25) is 0 Å². The number of nitrogens with one attached hydrogen (secondary N) is 3. The summed E-state index contributed by atoms with van der Waals surface area (Å²) in [6, 6.07) is 0. The van der Waals surface area contributed by atoms with Crippen LogP contribution in [0.2, 0.25) is 0 Å². The number of halogens is 2. The zero-order chi connectivity index (χ0) is 22.2. The Morgan fingerprint density at radius 2 is 2.32 bits per heavy atom. The molecule has 2 aliphatic heterocycles. The number of ether oxygens (including phenoxy) is 1. The van der Waals surface area contributed by atoms with Crippen LogP contribution in [0, 0.1) is 11.3 Å². The Morgan fingerprint density at radius 3 is 3.03 bits per heavy atom. The number of nitrogens with zero attached hydrogens (tertiary/aromatic N) is 3. The van der Waals surface area contributed by atoms with E-state index in [9.17, 15) is 18.4 Å². The van der Waals surface area contributed by atoms with Gasteiger partial charge in [-0.1, -0.05) is 0 Å². The highest BCUT2D eigenvalue weighted by atomic mass is 32.1. The summed E-state index contributed by atoms with van der Waals surface area (Å²) >= 11 is 1.44. The molecule has 1 fully saturated rings. The lowest BCUT2D eigenvalue weighted by molar-refractivity contribution is -0.107. The number of alkyl carbamates (subject to hydrolysis) is 1. The van der Waals surface area contributed by atoms with Gasteiger partial charge in [-0.2, -0.15) is 8.78 Å². The fourth-order valence-corrected chi connectivity index (χ4v) is 3.95. The van der Waals surface area contributed by atoms with Crippen LogP contribution in [0.25, 0.3) is 0 Å². The van der Waals surface area contributed by atoms with Gasteiger partial charge in [0.1, 0.15) is 6.29 Å². The van der Waals surface area contributed by atoms with Gasteiger partial charge in [0.05, 0.1) is 18.9 Å². The molecule has 0 spiro atoms. The van der Waals surface area contributed by atoms with Crippen molar-refractivity contribution in [1.82, 2.24) is 20.5 Å². The van der Waals surface area contributed by atoms with Crippen molar-refractivity contribution in [1.29, 1.82) is 5.41 Å². The van der Waals surface area contributed by atoms with Crippen molar-refractivity contribution in [3.05, 3.63) is 40.1 Å². The molecular formula is C19H22F2N6O3S. The predicted molar refractivity (Wildman–Crippen MR) is 111 cm³/mol. The average molecular weight is 452 g/mol. The van der Waals surface area contributed by atoms with E-state index in [1.807, 2.05) is 15.6 Å². The minimum Gasteiger partial charge on any atom is -0.449 e. The maximum Gasteiger partial charge on any atom is 0.407 e. The Kier molecular flexibility index (Phi) is 7.82. The van der Waals surface area contributed by atoms with Crippen LogP contribution in [0.4, 0.5) is 13.6 Å². The highest BCUT2D eigenvalue weighted by Crippen LogP contribution is 2.34. The number of amidine groups is 1. The number of amides is 1. The van der Waals surface area contributed by atoms with Crippen LogP contribution in [0.1, 0.15) is 17.8 Å². The fraction of sp³-hybridized carbons (Fsp3) is 0.421. The fourth-order valence-electron chi connectivity index (χ4n) is 3.30. The Morgan fingerprint density at radius 1 is 1.48 bits per heavy atom. The van der Waals surface area contributed by atoms with Gasteiger partial charge in [-0.15, -0.1) is 11.3 Å². The predicted octanol–water partition coefficient (Wildman–Crippen LogP) is 2.14. The normalized spacial score (nSPS) is 18.2. The van der Waals surface area contributed by atoms with Crippen LogP contribution in [0.3, 0.4) is 0 Å². The molecule has 31 heavy (non-hydrogen) atoms. The van der Waals surface area contributed by atoms with Crippen molar-refractivity contribution in [3.63, 3.8) is 0 Å². The molecule has 0 bridgehead atoms. The third-order valence-electron chi connectivity index (χ3n) is 4.64. The number of hydrogen-bond acceptors (Lipinski definition) is 9. The first-order valence-electron chi connectivity index (χ1n) is 9.57. The number of hydrogen-bond donors (Lipinski definition) is 3. The molecule has 0 saturated carbocycles. The first-order valence-corrected chi connectivity index (χ1v) is 10.4.